The number of sulfonamides is 1. The number of anilines is 1. The summed E-state index contributed by atoms with van der Waals surface area (Å²) in [6.45, 7) is -0.545. The fraction of sp³-hybridized carbons (Fsp3) is 0.0500. The van der Waals surface area contributed by atoms with Crippen LogP contribution in [0.25, 0.3) is 0 Å². The maximum absolute atomic E-state index is 13.3. The molecule has 0 saturated carbocycles. The molecule has 0 bridgehead atoms. The number of benzene rings is 3. The van der Waals surface area contributed by atoms with Crippen molar-refractivity contribution in [1.29, 1.82) is 0 Å². The molecule has 3 rings (SSSR count). The lowest BCUT2D eigenvalue weighted by atomic mass is 10.2. The Morgan fingerprint density at radius 1 is 0.852 bits per heavy atom. The van der Waals surface area contributed by atoms with Crippen molar-refractivity contribution in [2.45, 2.75) is 4.90 Å². The zero-order valence-electron chi connectivity index (χ0n) is 14.2. The summed E-state index contributed by atoms with van der Waals surface area (Å²) in [4.78, 5) is 12.2. The lowest BCUT2D eigenvalue weighted by molar-refractivity contribution is 0.0520. The quantitative estimate of drug-likeness (QED) is 0.478. The minimum Gasteiger partial charge on any atom is -0.440 e. The molecule has 27 heavy (non-hydrogen) atoms. The number of carbonyl (C=O) groups excluding carboxylic acids is 1. The van der Waals surface area contributed by atoms with Gasteiger partial charge in [0.25, 0.3) is 10.0 Å². The standard InChI is InChI=1S/C20H16FNO4S/c21-17-11-13-18(14-12-17)22(27(24,25)19-9-5-2-6-10-19)15-26-20(23)16-7-3-1-4-8-16/h1-14H,15H2. The van der Waals surface area contributed by atoms with Gasteiger partial charge in [-0.3, -0.25) is 0 Å². The van der Waals surface area contributed by atoms with E-state index in [0.717, 1.165) is 16.4 Å². The fourth-order valence-electron chi connectivity index (χ4n) is 2.38. The Hall–Kier alpha value is -3.19. The molecule has 0 radical (unpaired) electrons. The Morgan fingerprint density at radius 3 is 2.00 bits per heavy atom. The van der Waals surface area contributed by atoms with Crippen LogP contribution in [-0.4, -0.2) is 21.1 Å². The molecule has 0 atom stereocenters. The monoisotopic (exact) mass is 385 g/mol. The molecule has 138 valence electrons. The molecule has 0 saturated heterocycles. The highest BCUT2D eigenvalue weighted by molar-refractivity contribution is 7.92. The molecular weight excluding hydrogens is 369 g/mol. The summed E-state index contributed by atoms with van der Waals surface area (Å²) in [5.41, 5.74) is 0.481. The molecule has 0 spiro atoms. The van der Waals surface area contributed by atoms with Crippen molar-refractivity contribution in [3.05, 3.63) is 96.3 Å². The number of nitrogens with zero attached hydrogens (tertiary/aromatic N) is 1. The fourth-order valence-corrected chi connectivity index (χ4v) is 3.73. The molecule has 0 heterocycles. The van der Waals surface area contributed by atoms with Crippen LogP contribution in [0.15, 0.2) is 89.8 Å². The summed E-state index contributed by atoms with van der Waals surface area (Å²) in [7, 11) is -4.01. The van der Waals surface area contributed by atoms with Crippen LogP contribution in [0, 0.1) is 5.82 Å². The van der Waals surface area contributed by atoms with E-state index in [-0.39, 0.29) is 10.6 Å². The number of hydrogen-bond donors (Lipinski definition) is 0. The first-order valence-corrected chi connectivity index (χ1v) is 9.48. The van der Waals surface area contributed by atoms with Crippen molar-refractivity contribution < 1.29 is 22.3 Å². The summed E-state index contributed by atoms with van der Waals surface area (Å²) >= 11 is 0. The van der Waals surface area contributed by atoms with Gasteiger partial charge < -0.3 is 4.74 Å². The van der Waals surface area contributed by atoms with Gasteiger partial charge in [-0.1, -0.05) is 36.4 Å². The third kappa shape index (κ3) is 4.32. The van der Waals surface area contributed by atoms with Gasteiger partial charge in [0.15, 0.2) is 6.73 Å². The molecule has 5 nitrogen and oxygen atoms in total. The average Bonchev–Trinajstić information content (AvgIpc) is 2.70. The lowest BCUT2D eigenvalue weighted by Gasteiger charge is -2.24. The van der Waals surface area contributed by atoms with Crippen molar-refractivity contribution >= 4 is 21.7 Å². The largest absolute Gasteiger partial charge is 0.440 e. The molecule has 0 aliphatic heterocycles. The lowest BCUT2D eigenvalue weighted by Crippen LogP contribution is -2.34. The maximum Gasteiger partial charge on any atom is 0.339 e. The van der Waals surface area contributed by atoms with E-state index < -0.39 is 28.5 Å². The van der Waals surface area contributed by atoms with Gasteiger partial charge in [-0.15, -0.1) is 0 Å². The van der Waals surface area contributed by atoms with Crippen LogP contribution < -0.4 is 4.31 Å². The van der Waals surface area contributed by atoms with Crippen molar-refractivity contribution in [3.63, 3.8) is 0 Å². The number of esters is 1. The number of rotatable bonds is 6. The Morgan fingerprint density at radius 2 is 1.41 bits per heavy atom. The van der Waals surface area contributed by atoms with E-state index in [1.54, 1.807) is 48.5 Å². The summed E-state index contributed by atoms with van der Waals surface area (Å²) in [6, 6.07) is 20.9. The van der Waals surface area contributed by atoms with Crippen LogP contribution in [0.1, 0.15) is 10.4 Å². The highest BCUT2D eigenvalue weighted by atomic mass is 32.2. The molecule has 0 N–H and O–H groups in total. The molecule has 3 aromatic rings. The van der Waals surface area contributed by atoms with E-state index in [0.29, 0.717) is 5.56 Å². The third-order valence-corrected chi connectivity index (χ3v) is 5.53. The van der Waals surface area contributed by atoms with Crippen molar-refractivity contribution in [3.8, 4) is 0 Å². The summed E-state index contributed by atoms with van der Waals surface area (Å²) < 4.78 is 45.4. The Balaban J connectivity index is 1.91. The molecule has 3 aromatic carbocycles. The summed E-state index contributed by atoms with van der Waals surface area (Å²) in [5, 5.41) is 0. The zero-order chi connectivity index (χ0) is 19.3. The van der Waals surface area contributed by atoms with Crippen molar-refractivity contribution in [2.24, 2.45) is 0 Å². The number of hydrogen-bond acceptors (Lipinski definition) is 4. The van der Waals surface area contributed by atoms with Gasteiger partial charge in [-0.2, -0.15) is 0 Å². The van der Waals surface area contributed by atoms with Gasteiger partial charge in [-0.25, -0.2) is 21.9 Å². The van der Waals surface area contributed by atoms with Crippen LogP contribution in [0.5, 0.6) is 0 Å². The van der Waals surface area contributed by atoms with Crippen LogP contribution in [0.2, 0.25) is 0 Å². The van der Waals surface area contributed by atoms with Crippen LogP contribution >= 0.6 is 0 Å². The van der Waals surface area contributed by atoms with Crippen LogP contribution in [-0.2, 0) is 14.8 Å². The second-order valence-electron chi connectivity index (χ2n) is 5.57. The van der Waals surface area contributed by atoms with Gasteiger partial charge in [0.05, 0.1) is 16.1 Å². The van der Waals surface area contributed by atoms with E-state index in [4.69, 9.17) is 4.74 Å². The van der Waals surface area contributed by atoms with Gasteiger partial charge >= 0.3 is 5.97 Å². The second kappa shape index (κ2) is 8.01. The maximum atomic E-state index is 13.3. The predicted molar refractivity (Wildman–Crippen MR) is 99.2 cm³/mol. The topological polar surface area (TPSA) is 63.7 Å². The minimum atomic E-state index is -4.01. The smallest absolute Gasteiger partial charge is 0.339 e. The first-order valence-electron chi connectivity index (χ1n) is 8.04. The number of halogens is 1. The van der Waals surface area contributed by atoms with Crippen LogP contribution in [0.3, 0.4) is 0 Å². The molecule has 0 aliphatic rings. The van der Waals surface area contributed by atoms with E-state index in [1.165, 1.54) is 24.3 Å². The molecule has 0 fully saturated rings. The molecule has 0 unspecified atom stereocenters. The zero-order valence-corrected chi connectivity index (χ0v) is 15.0. The summed E-state index contributed by atoms with van der Waals surface area (Å²) in [5.74, 6) is -1.16. The van der Waals surface area contributed by atoms with Crippen molar-refractivity contribution in [2.75, 3.05) is 11.0 Å². The van der Waals surface area contributed by atoms with Gasteiger partial charge in [0.2, 0.25) is 0 Å². The highest BCUT2D eigenvalue weighted by Crippen LogP contribution is 2.24. The van der Waals surface area contributed by atoms with Crippen molar-refractivity contribution in [1.82, 2.24) is 0 Å². The molecule has 0 amide bonds. The SMILES string of the molecule is O=C(OCN(c1ccc(F)cc1)S(=O)(=O)c1ccccc1)c1ccccc1. The average molecular weight is 385 g/mol. The molecule has 0 aliphatic carbocycles. The Labute approximate surface area is 156 Å². The Bertz CT molecular complexity index is 1010. The third-order valence-electron chi connectivity index (χ3n) is 3.77. The summed E-state index contributed by atoms with van der Waals surface area (Å²) in [6.07, 6.45) is 0. The molecule has 0 aromatic heterocycles. The first-order chi connectivity index (χ1) is 13.0. The van der Waals surface area contributed by atoms with E-state index in [2.05, 4.69) is 0 Å². The van der Waals surface area contributed by atoms with Gasteiger partial charge in [-0.05, 0) is 48.5 Å². The molecular formula is C20H16FNO4S. The van der Waals surface area contributed by atoms with E-state index >= 15 is 0 Å². The van der Waals surface area contributed by atoms with Crippen LogP contribution in [0.4, 0.5) is 10.1 Å². The van der Waals surface area contributed by atoms with E-state index in [9.17, 15) is 17.6 Å². The Kier molecular flexibility index (Phi) is 5.52. The first kappa shape index (κ1) is 18.6. The number of carbonyl (C=O) groups is 1. The minimum absolute atomic E-state index is 0.0325. The number of ether oxygens (including phenoxy) is 1. The van der Waals surface area contributed by atoms with E-state index in [1.807, 2.05) is 0 Å². The van der Waals surface area contributed by atoms with Gasteiger partial charge in [0.1, 0.15) is 5.82 Å². The molecule has 7 heteroatoms. The highest BCUT2D eigenvalue weighted by Gasteiger charge is 2.26. The van der Waals surface area contributed by atoms with Gasteiger partial charge in [0, 0.05) is 0 Å². The normalized spacial score (nSPS) is 11.0. The second-order valence-corrected chi connectivity index (χ2v) is 7.43. The predicted octanol–water partition coefficient (Wildman–Crippen LogP) is 3.84.